The van der Waals surface area contributed by atoms with Gasteiger partial charge in [0.1, 0.15) is 0 Å². The van der Waals surface area contributed by atoms with E-state index in [4.69, 9.17) is 4.74 Å². The predicted molar refractivity (Wildman–Crippen MR) is 96.3 cm³/mol. The topological polar surface area (TPSA) is 88.5 Å². The molecule has 3 rings (SSSR count). The largest absolute Gasteiger partial charge is 0.376 e. The second-order valence-electron chi connectivity index (χ2n) is 7.32. The molecule has 26 heavy (non-hydrogen) atoms. The predicted octanol–water partition coefficient (Wildman–Crippen LogP) is 1.25. The van der Waals surface area contributed by atoms with Gasteiger partial charge in [0.05, 0.1) is 37.1 Å². The molecular formula is C18H29N5O3. The molecule has 2 aliphatic heterocycles. The number of hydrogen-bond acceptors (Lipinski definition) is 4. The molecule has 0 spiro atoms. The second-order valence-corrected chi connectivity index (χ2v) is 7.32. The summed E-state index contributed by atoms with van der Waals surface area (Å²) in [5.41, 5.74) is 1.82. The van der Waals surface area contributed by atoms with Gasteiger partial charge in [-0.1, -0.05) is 13.8 Å². The third-order valence-electron chi connectivity index (χ3n) is 4.85. The first-order chi connectivity index (χ1) is 12.5. The van der Waals surface area contributed by atoms with Crippen molar-refractivity contribution >= 4 is 11.9 Å². The zero-order valence-electron chi connectivity index (χ0n) is 15.7. The molecule has 2 aliphatic rings. The van der Waals surface area contributed by atoms with Crippen LogP contribution in [0.3, 0.4) is 0 Å². The summed E-state index contributed by atoms with van der Waals surface area (Å²) in [5.74, 6) is 0.170. The lowest BCUT2D eigenvalue weighted by atomic mass is 10.1. The Morgan fingerprint density at radius 3 is 2.88 bits per heavy atom. The van der Waals surface area contributed by atoms with Crippen LogP contribution < -0.4 is 10.6 Å². The Morgan fingerprint density at radius 1 is 1.31 bits per heavy atom. The number of ether oxygens (including phenoxy) is 1. The van der Waals surface area contributed by atoms with E-state index in [1.165, 1.54) is 0 Å². The maximum atomic E-state index is 12.2. The molecule has 3 amide bonds. The fourth-order valence-corrected chi connectivity index (χ4v) is 3.37. The van der Waals surface area contributed by atoms with Crippen LogP contribution in [0.5, 0.6) is 0 Å². The Bertz CT molecular complexity index is 637. The van der Waals surface area contributed by atoms with Gasteiger partial charge in [0.15, 0.2) is 0 Å². The quantitative estimate of drug-likeness (QED) is 0.824. The van der Waals surface area contributed by atoms with Crippen molar-refractivity contribution in [3.63, 3.8) is 0 Å². The Labute approximate surface area is 154 Å². The molecule has 8 heteroatoms. The number of urea groups is 1. The molecule has 144 valence electrons. The molecule has 0 radical (unpaired) electrons. The SMILES string of the molecule is CC(C)C(=O)N1CCn2nc(CNC(=O)NC[C@@H]3CCCCO3)cc2C1. The van der Waals surface area contributed by atoms with E-state index in [1.54, 1.807) is 0 Å². The average Bonchev–Trinajstić information content (AvgIpc) is 3.07. The minimum absolute atomic E-state index is 0.00227. The fourth-order valence-electron chi connectivity index (χ4n) is 3.37. The summed E-state index contributed by atoms with van der Waals surface area (Å²) < 4.78 is 7.53. The van der Waals surface area contributed by atoms with Crippen molar-refractivity contribution in [2.24, 2.45) is 5.92 Å². The lowest BCUT2D eigenvalue weighted by Gasteiger charge is -2.29. The summed E-state index contributed by atoms with van der Waals surface area (Å²) in [7, 11) is 0. The summed E-state index contributed by atoms with van der Waals surface area (Å²) >= 11 is 0. The highest BCUT2D eigenvalue weighted by Crippen LogP contribution is 2.16. The number of nitrogens with one attached hydrogen (secondary N) is 2. The molecule has 1 aromatic heterocycles. The van der Waals surface area contributed by atoms with Crippen molar-refractivity contribution in [2.75, 3.05) is 19.7 Å². The third-order valence-corrected chi connectivity index (χ3v) is 4.85. The lowest BCUT2D eigenvalue weighted by molar-refractivity contribution is -0.136. The monoisotopic (exact) mass is 363 g/mol. The van der Waals surface area contributed by atoms with E-state index in [0.717, 1.165) is 37.3 Å². The van der Waals surface area contributed by atoms with Crippen molar-refractivity contribution < 1.29 is 14.3 Å². The van der Waals surface area contributed by atoms with Crippen LogP contribution in [0, 0.1) is 5.92 Å². The molecule has 0 bridgehead atoms. The van der Waals surface area contributed by atoms with Gasteiger partial charge in [0, 0.05) is 25.6 Å². The third kappa shape index (κ3) is 4.75. The van der Waals surface area contributed by atoms with Crippen LogP contribution in [-0.4, -0.2) is 52.4 Å². The lowest BCUT2D eigenvalue weighted by Crippen LogP contribution is -2.41. The van der Waals surface area contributed by atoms with Crippen molar-refractivity contribution in [1.82, 2.24) is 25.3 Å². The van der Waals surface area contributed by atoms with Crippen LogP contribution in [0.2, 0.25) is 0 Å². The summed E-state index contributed by atoms with van der Waals surface area (Å²) in [6.45, 7) is 7.48. The van der Waals surface area contributed by atoms with E-state index >= 15 is 0 Å². The van der Waals surface area contributed by atoms with Gasteiger partial charge in [-0.25, -0.2) is 4.79 Å². The standard InChI is InChI=1S/C18H29N5O3/c1-13(2)17(24)22-6-7-23-15(12-22)9-14(21-23)10-19-18(25)20-11-16-5-3-4-8-26-16/h9,13,16H,3-8,10-12H2,1-2H3,(H2,19,20,25)/t16-/m0/s1. The Hall–Kier alpha value is -2.09. The van der Waals surface area contributed by atoms with Gasteiger partial charge in [-0.15, -0.1) is 0 Å². The smallest absolute Gasteiger partial charge is 0.315 e. The van der Waals surface area contributed by atoms with Gasteiger partial charge in [-0.05, 0) is 25.3 Å². The van der Waals surface area contributed by atoms with E-state index in [1.807, 2.05) is 29.5 Å². The molecule has 0 aliphatic carbocycles. The maximum Gasteiger partial charge on any atom is 0.315 e. The van der Waals surface area contributed by atoms with Crippen LogP contribution in [0.25, 0.3) is 0 Å². The normalized spacial score (nSPS) is 20.0. The minimum atomic E-state index is -0.207. The molecule has 3 heterocycles. The van der Waals surface area contributed by atoms with Gasteiger partial charge >= 0.3 is 6.03 Å². The number of rotatable bonds is 5. The van der Waals surface area contributed by atoms with E-state index in [9.17, 15) is 9.59 Å². The van der Waals surface area contributed by atoms with E-state index in [0.29, 0.717) is 32.7 Å². The molecule has 0 unspecified atom stereocenters. The Balaban J connectivity index is 1.45. The number of carbonyl (C=O) groups is 2. The number of nitrogens with zero attached hydrogens (tertiary/aromatic N) is 3. The van der Waals surface area contributed by atoms with E-state index in [-0.39, 0.29) is 24.0 Å². The summed E-state index contributed by atoms with van der Waals surface area (Å²) in [6, 6.07) is 1.76. The van der Waals surface area contributed by atoms with Gasteiger partial charge < -0.3 is 20.3 Å². The molecule has 1 fully saturated rings. The minimum Gasteiger partial charge on any atom is -0.376 e. The maximum absolute atomic E-state index is 12.2. The summed E-state index contributed by atoms with van der Waals surface area (Å²) in [6.07, 6.45) is 3.39. The second kappa shape index (κ2) is 8.53. The van der Waals surface area contributed by atoms with Crippen LogP contribution in [0.1, 0.15) is 44.5 Å². The number of fused-ring (bicyclic) bond motifs is 1. The highest BCUT2D eigenvalue weighted by molar-refractivity contribution is 5.78. The van der Waals surface area contributed by atoms with Crippen LogP contribution in [-0.2, 0) is 29.2 Å². The number of carbonyl (C=O) groups excluding carboxylic acids is 2. The van der Waals surface area contributed by atoms with Gasteiger partial charge in [-0.3, -0.25) is 9.48 Å². The van der Waals surface area contributed by atoms with Crippen molar-refractivity contribution in [3.05, 3.63) is 17.5 Å². The Kier molecular flexibility index (Phi) is 6.13. The number of aromatic nitrogens is 2. The summed E-state index contributed by atoms with van der Waals surface area (Å²) in [5, 5.41) is 10.2. The highest BCUT2D eigenvalue weighted by atomic mass is 16.5. The van der Waals surface area contributed by atoms with Crippen LogP contribution in [0.15, 0.2) is 6.07 Å². The first kappa shape index (κ1) is 18.7. The van der Waals surface area contributed by atoms with E-state index in [2.05, 4.69) is 15.7 Å². The van der Waals surface area contributed by atoms with E-state index < -0.39 is 0 Å². The van der Waals surface area contributed by atoms with Gasteiger partial charge in [0.2, 0.25) is 5.91 Å². The summed E-state index contributed by atoms with van der Waals surface area (Å²) in [4.78, 5) is 26.0. The first-order valence-corrected chi connectivity index (χ1v) is 9.50. The van der Waals surface area contributed by atoms with Crippen molar-refractivity contribution in [3.8, 4) is 0 Å². The highest BCUT2D eigenvalue weighted by Gasteiger charge is 2.24. The molecule has 2 N–H and O–H groups in total. The number of amides is 3. The van der Waals surface area contributed by atoms with Crippen LogP contribution in [0.4, 0.5) is 4.79 Å². The van der Waals surface area contributed by atoms with Crippen molar-refractivity contribution in [1.29, 1.82) is 0 Å². The molecule has 1 aromatic rings. The van der Waals surface area contributed by atoms with Gasteiger partial charge in [0.25, 0.3) is 0 Å². The average molecular weight is 363 g/mol. The zero-order chi connectivity index (χ0) is 18.5. The molecule has 1 atom stereocenters. The Morgan fingerprint density at radius 2 is 2.15 bits per heavy atom. The van der Waals surface area contributed by atoms with Gasteiger partial charge in [-0.2, -0.15) is 5.10 Å². The molecular weight excluding hydrogens is 334 g/mol. The number of hydrogen-bond donors (Lipinski definition) is 2. The molecule has 0 saturated carbocycles. The first-order valence-electron chi connectivity index (χ1n) is 9.50. The molecule has 0 aromatic carbocycles. The van der Waals surface area contributed by atoms with Crippen molar-refractivity contribution in [2.45, 2.75) is 58.8 Å². The molecule has 1 saturated heterocycles. The molecule has 8 nitrogen and oxygen atoms in total. The zero-order valence-corrected chi connectivity index (χ0v) is 15.7. The van der Waals surface area contributed by atoms with Crippen LogP contribution >= 0.6 is 0 Å². The fraction of sp³-hybridized carbons (Fsp3) is 0.722.